The molecule has 1 aliphatic heterocycles. The summed E-state index contributed by atoms with van der Waals surface area (Å²) in [6.07, 6.45) is 1.12. The summed E-state index contributed by atoms with van der Waals surface area (Å²) in [6, 6.07) is 0. The van der Waals surface area contributed by atoms with Crippen molar-refractivity contribution >= 4 is 17.0 Å². The van der Waals surface area contributed by atoms with Gasteiger partial charge in [0.2, 0.25) is 0 Å². The predicted octanol–water partition coefficient (Wildman–Crippen LogP) is 0.409. The largest absolute Gasteiger partial charge is 0.394 e. The summed E-state index contributed by atoms with van der Waals surface area (Å²) in [5.41, 5.74) is 9.20. The molecule has 0 saturated carbocycles. The summed E-state index contributed by atoms with van der Waals surface area (Å²) in [6.45, 7) is -0.168. The first-order chi connectivity index (χ1) is 9.74. The fourth-order valence-corrected chi connectivity index (χ4v) is 2.24. The molecule has 3 heterocycles. The van der Waals surface area contributed by atoms with Crippen LogP contribution in [-0.2, 0) is 4.74 Å². The third-order valence-electron chi connectivity index (χ3n) is 3.12. The van der Waals surface area contributed by atoms with Gasteiger partial charge in [-0.1, -0.05) is 0 Å². The minimum absolute atomic E-state index is 0.113. The van der Waals surface area contributed by atoms with Crippen molar-refractivity contribution in [1.82, 2.24) is 19.5 Å². The Hall–Kier alpha value is -2.26. The van der Waals surface area contributed by atoms with Gasteiger partial charge >= 0.3 is 0 Å². The average molecular weight is 277 g/mol. The van der Waals surface area contributed by atoms with E-state index in [0.717, 1.165) is 0 Å². The normalized spacial score (nSPS) is 25.8. The molecule has 2 aromatic rings. The van der Waals surface area contributed by atoms with Crippen LogP contribution in [0.15, 0.2) is 17.8 Å². The Morgan fingerprint density at radius 2 is 2.35 bits per heavy atom. The van der Waals surface area contributed by atoms with Gasteiger partial charge in [0.25, 0.3) is 0 Å². The van der Waals surface area contributed by atoms with Crippen LogP contribution in [-0.4, -0.2) is 48.5 Å². The number of hydrogen-bond acceptors (Lipinski definition) is 7. The van der Waals surface area contributed by atoms with E-state index >= 15 is 0 Å². The van der Waals surface area contributed by atoms with Crippen LogP contribution in [0.5, 0.6) is 0 Å². The van der Waals surface area contributed by atoms with Crippen molar-refractivity contribution in [3.8, 4) is 0 Å². The standard InChI is InChI=1S/C10H11N7O3/c11-16-15-8-7-9(13-3-12-8)17(4-14-7)10-6(19)1-5(2-18)20-10/h3-6,10,18-19H,1-2H2/t5-,6-,10+/m0/s1. The Balaban J connectivity index is 2.05. The van der Waals surface area contributed by atoms with Crippen LogP contribution in [0, 0.1) is 0 Å². The number of aliphatic hydroxyl groups excluding tert-OH is 2. The van der Waals surface area contributed by atoms with E-state index in [-0.39, 0.29) is 12.4 Å². The van der Waals surface area contributed by atoms with Crippen molar-refractivity contribution in [3.63, 3.8) is 0 Å². The number of fused-ring (bicyclic) bond motifs is 1. The van der Waals surface area contributed by atoms with Gasteiger partial charge in [-0.3, -0.25) is 4.57 Å². The molecule has 10 heteroatoms. The van der Waals surface area contributed by atoms with Crippen LogP contribution < -0.4 is 0 Å². The van der Waals surface area contributed by atoms with Gasteiger partial charge in [-0.25, -0.2) is 15.0 Å². The molecule has 2 N–H and O–H groups in total. The van der Waals surface area contributed by atoms with Crippen molar-refractivity contribution in [2.24, 2.45) is 5.11 Å². The topological polar surface area (TPSA) is 142 Å². The summed E-state index contributed by atoms with van der Waals surface area (Å²) in [7, 11) is 0. The van der Waals surface area contributed by atoms with Gasteiger partial charge in [-0.15, -0.1) is 0 Å². The van der Waals surface area contributed by atoms with Crippen LogP contribution in [0.3, 0.4) is 0 Å². The molecule has 0 unspecified atom stereocenters. The number of rotatable bonds is 3. The van der Waals surface area contributed by atoms with Crippen LogP contribution in [0.1, 0.15) is 12.6 Å². The number of aliphatic hydroxyl groups is 2. The summed E-state index contributed by atoms with van der Waals surface area (Å²) >= 11 is 0. The molecule has 3 atom stereocenters. The SMILES string of the molecule is [N-]=[N+]=Nc1ncnc2c1ncn2[C@@H]1O[C@H](CO)C[C@@H]1O. The smallest absolute Gasteiger partial charge is 0.165 e. The van der Waals surface area contributed by atoms with Gasteiger partial charge in [0.15, 0.2) is 17.7 Å². The predicted molar refractivity (Wildman–Crippen MR) is 65.7 cm³/mol. The van der Waals surface area contributed by atoms with Gasteiger partial charge in [0.1, 0.15) is 17.9 Å². The molecule has 1 saturated heterocycles. The van der Waals surface area contributed by atoms with Crippen LogP contribution in [0.4, 0.5) is 5.82 Å². The lowest BCUT2D eigenvalue weighted by Gasteiger charge is -2.16. The van der Waals surface area contributed by atoms with Crippen molar-refractivity contribution < 1.29 is 14.9 Å². The lowest BCUT2D eigenvalue weighted by Crippen LogP contribution is -2.19. The van der Waals surface area contributed by atoms with E-state index in [2.05, 4.69) is 25.0 Å². The molecule has 2 aromatic heterocycles. The molecular weight excluding hydrogens is 266 g/mol. The lowest BCUT2D eigenvalue weighted by molar-refractivity contribution is -0.0486. The van der Waals surface area contributed by atoms with E-state index in [1.165, 1.54) is 17.2 Å². The summed E-state index contributed by atoms with van der Waals surface area (Å²) in [4.78, 5) is 14.7. The van der Waals surface area contributed by atoms with Gasteiger partial charge in [-0.2, -0.15) is 0 Å². The van der Waals surface area contributed by atoms with Crippen LogP contribution in [0.2, 0.25) is 0 Å². The van der Waals surface area contributed by atoms with E-state index in [4.69, 9.17) is 15.4 Å². The minimum Gasteiger partial charge on any atom is -0.394 e. The zero-order valence-electron chi connectivity index (χ0n) is 10.2. The first-order valence-corrected chi connectivity index (χ1v) is 5.91. The minimum atomic E-state index is -0.776. The maximum atomic E-state index is 9.98. The molecule has 0 spiro atoms. The van der Waals surface area contributed by atoms with E-state index < -0.39 is 18.4 Å². The maximum Gasteiger partial charge on any atom is 0.165 e. The highest BCUT2D eigenvalue weighted by Crippen LogP contribution is 2.31. The molecule has 0 amide bonds. The Kier molecular flexibility index (Phi) is 3.20. The summed E-state index contributed by atoms with van der Waals surface area (Å²) < 4.78 is 7.07. The maximum absolute atomic E-state index is 9.98. The quantitative estimate of drug-likeness (QED) is 0.472. The van der Waals surface area contributed by atoms with Gasteiger partial charge in [0.05, 0.1) is 19.0 Å². The molecule has 0 bridgehead atoms. The molecule has 104 valence electrons. The highest BCUT2D eigenvalue weighted by molar-refractivity contribution is 5.80. The molecule has 0 aliphatic carbocycles. The van der Waals surface area contributed by atoms with Gasteiger partial charge < -0.3 is 14.9 Å². The number of azide groups is 1. The average Bonchev–Trinajstić information content (AvgIpc) is 3.03. The Bertz CT molecular complexity index is 681. The fraction of sp³-hybridized carbons (Fsp3) is 0.500. The molecular formula is C10H11N7O3. The summed E-state index contributed by atoms with van der Waals surface area (Å²) in [5, 5.41) is 22.5. The molecule has 10 nitrogen and oxygen atoms in total. The highest BCUT2D eigenvalue weighted by Gasteiger charge is 2.35. The first kappa shape index (κ1) is 12.8. The molecule has 1 aliphatic rings. The van der Waals surface area contributed by atoms with Crippen LogP contribution in [0.25, 0.3) is 21.6 Å². The molecule has 1 fully saturated rings. The molecule has 0 radical (unpaired) electrons. The zero-order chi connectivity index (χ0) is 14.1. The van der Waals surface area contributed by atoms with Crippen molar-refractivity contribution in [1.29, 1.82) is 0 Å². The highest BCUT2D eigenvalue weighted by atomic mass is 16.5. The second-order valence-electron chi connectivity index (χ2n) is 4.35. The van der Waals surface area contributed by atoms with Gasteiger partial charge in [-0.05, 0) is 10.6 Å². The Labute approximate surface area is 112 Å². The van der Waals surface area contributed by atoms with E-state index in [1.54, 1.807) is 0 Å². The van der Waals surface area contributed by atoms with Crippen molar-refractivity contribution in [3.05, 3.63) is 23.1 Å². The number of imidazole rings is 1. The second-order valence-corrected chi connectivity index (χ2v) is 4.35. The van der Waals surface area contributed by atoms with Crippen molar-refractivity contribution in [2.75, 3.05) is 6.61 Å². The molecule has 0 aromatic carbocycles. The Morgan fingerprint density at radius 3 is 3.05 bits per heavy atom. The summed E-state index contributed by atoms with van der Waals surface area (Å²) in [5.74, 6) is 0.113. The van der Waals surface area contributed by atoms with Crippen molar-refractivity contribution in [2.45, 2.75) is 24.9 Å². The number of nitrogens with zero attached hydrogens (tertiary/aromatic N) is 7. The molecule has 3 rings (SSSR count). The third-order valence-corrected chi connectivity index (χ3v) is 3.12. The fourth-order valence-electron chi connectivity index (χ4n) is 2.24. The molecule has 20 heavy (non-hydrogen) atoms. The number of ether oxygens (including phenoxy) is 1. The third kappa shape index (κ3) is 1.96. The Morgan fingerprint density at radius 1 is 1.50 bits per heavy atom. The van der Waals surface area contributed by atoms with Crippen LogP contribution >= 0.6 is 0 Å². The number of aromatic nitrogens is 4. The first-order valence-electron chi connectivity index (χ1n) is 5.91. The van der Waals surface area contributed by atoms with E-state index in [9.17, 15) is 5.11 Å². The lowest BCUT2D eigenvalue weighted by atomic mass is 10.2. The second kappa shape index (κ2) is 5.02. The monoisotopic (exact) mass is 277 g/mol. The zero-order valence-corrected chi connectivity index (χ0v) is 10.2. The number of hydrogen-bond donors (Lipinski definition) is 2. The van der Waals surface area contributed by atoms with E-state index in [1.807, 2.05) is 0 Å². The van der Waals surface area contributed by atoms with Gasteiger partial charge in [0, 0.05) is 11.3 Å². The van der Waals surface area contributed by atoms with E-state index in [0.29, 0.717) is 17.6 Å².